The first kappa shape index (κ1) is 17.0. The van der Waals surface area contributed by atoms with Crippen molar-refractivity contribution >= 4 is 5.69 Å². The highest BCUT2D eigenvalue weighted by molar-refractivity contribution is 5.53. The van der Waals surface area contributed by atoms with Crippen molar-refractivity contribution in [2.24, 2.45) is 0 Å². The van der Waals surface area contributed by atoms with Crippen LogP contribution in [-0.4, -0.2) is 26.2 Å². The van der Waals surface area contributed by atoms with Gasteiger partial charge in [0.15, 0.2) is 0 Å². The molecule has 0 aliphatic heterocycles. The summed E-state index contributed by atoms with van der Waals surface area (Å²) in [5, 5.41) is 3.63. The largest absolute Gasteiger partial charge is 0.373 e. The molecule has 1 atom stereocenters. The molecule has 1 rings (SSSR count). The highest BCUT2D eigenvalue weighted by Gasteiger charge is 2.05. The summed E-state index contributed by atoms with van der Waals surface area (Å²) in [6, 6.07) is 7.32. The van der Waals surface area contributed by atoms with E-state index in [9.17, 15) is 0 Å². The number of hydrogen-bond acceptors (Lipinski definition) is 2. The summed E-state index contributed by atoms with van der Waals surface area (Å²) in [4.78, 5) is 2.35. The molecule has 1 N–H and O–H groups in total. The molecule has 1 aromatic carbocycles. The van der Waals surface area contributed by atoms with Crippen LogP contribution >= 0.6 is 0 Å². The van der Waals surface area contributed by atoms with Gasteiger partial charge >= 0.3 is 0 Å². The number of unbranched alkanes of at least 4 members (excludes halogenated alkanes) is 2. The van der Waals surface area contributed by atoms with Crippen LogP contribution in [-0.2, 0) is 0 Å². The third-order valence-corrected chi connectivity index (χ3v) is 3.94. The summed E-state index contributed by atoms with van der Waals surface area (Å²) < 4.78 is 0. The van der Waals surface area contributed by atoms with Crippen LogP contribution in [0, 0.1) is 13.8 Å². The maximum Gasteiger partial charge on any atom is 0.0393 e. The third kappa shape index (κ3) is 5.96. The Morgan fingerprint density at radius 2 is 1.95 bits per heavy atom. The quantitative estimate of drug-likeness (QED) is 0.677. The number of hydrogen-bond donors (Lipinski definition) is 1. The molecule has 0 amide bonds. The Balaban J connectivity index is 2.30. The van der Waals surface area contributed by atoms with Gasteiger partial charge in [-0.05, 0) is 38.8 Å². The lowest BCUT2D eigenvalue weighted by Gasteiger charge is -2.23. The lowest BCUT2D eigenvalue weighted by molar-refractivity contribution is 0.491. The van der Waals surface area contributed by atoms with Crippen molar-refractivity contribution in [2.45, 2.75) is 59.4 Å². The predicted octanol–water partition coefficient (Wildman–Crippen LogP) is 4.30. The van der Waals surface area contributed by atoms with Crippen molar-refractivity contribution in [2.75, 3.05) is 25.0 Å². The zero-order valence-electron chi connectivity index (χ0n) is 14.0. The molecular weight excluding hydrogens is 244 g/mol. The summed E-state index contributed by atoms with van der Waals surface area (Å²) in [6.07, 6.45) is 5.30. The van der Waals surface area contributed by atoms with Crippen molar-refractivity contribution in [3.8, 4) is 0 Å². The van der Waals surface area contributed by atoms with E-state index in [-0.39, 0.29) is 0 Å². The van der Waals surface area contributed by atoms with Gasteiger partial charge in [-0.3, -0.25) is 0 Å². The van der Waals surface area contributed by atoms with E-state index in [1.807, 2.05) is 0 Å². The van der Waals surface area contributed by atoms with Crippen LogP contribution in [0.15, 0.2) is 18.2 Å². The van der Waals surface area contributed by atoms with E-state index in [0.29, 0.717) is 6.04 Å². The van der Waals surface area contributed by atoms with Crippen molar-refractivity contribution in [1.82, 2.24) is 5.32 Å². The Bertz CT molecular complexity index is 387. The van der Waals surface area contributed by atoms with Crippen LogP contribution in [0.1, 0.15) is 50.7 Å². The molecule has 0 saturated carbocycles. The zero-order chi connectivity index (χ0) is 15.0. The molecular formula is C18H32N2. The van der Waals surface area contributed by atoms with E-state index in [1.165, 1.54) is 42.5 Å². The van der Waals surface area contributed by atoms with Crippen molar-refractivity contribution in [1.29, 1.82) is 0 Å². The smallest absolute Gasteiger partial charge is 0.0393 e. The number of aryl methyl sites for hydroxylation is 2. The summed E-state index contributed by atoms with van der Waals surface area (Å²) in [6.45, 7) is 11.0. The van der Waals surface area contributed by atoms with Gasteiger partial charge in [0.1, 0.15) is 0 Å². The topological polar surface area (TPSA) is 15.3 Å². The van der Waals surface area contributed by atoms with Gasteiger partial charge in [-0.15, -0.1) is 0 Å². The van der Waals surface area contributed by atoms with Gasteiger partial charge in [0.2, 0.25) is 0 Å². The van der Waals surface area contributed by atoms with Gasteiger partial charge in [-0.1, -0.05) is 43.9 Å². The van der Waals surface area contributed by atoms with Gasteiger partial charge in [0, 0.05) is 31.9 Å². The predicted molar refractivity (Wildman–Crippen MR) is 90.8 cm³/mol. The molecule has 1 unspecified atom stereocenters. The SMILES string of the molecule is CCCCCC(C)NCCN(C)c1ccc(C)cc1C. The van der Waals surface area contributed by atoms with Gasteiger partial charge in [0.05, 0.1) is 0 Å². The third-order valence-electron chi connectivity index (χ3n) is 3.94. The summed E-state index contributed by atoms with van der Waals surface area (Å²) >= 11 is 0. The highest BCUT2D eigenvalue weighted by Crippen LogP contribution is 2.19. The molecule has 0 aromatic heterocycles. The maximum absolute atomic E-state index is 3.63. The number of benzene rings is 1. The molecule has 0 saturated heterocycles. The van der Waals surface area contributed by atoms with Crippen LogP contribution in [0.25, 0.3) is 0 Å². The van der Waals surface area contributed by atoms with Crippen LogP contribution < -0.4 is 10.2 Å². The molecule has 0 fully saturated rings. The molecule has 114 valence electrons. The van der Waals surface area contributed by atoms with Crippen molar-refractivity contribution in [3.63, 3.8) is 0 Å². The first-order valence-electron chi connectivity index (χ1n) is 8.06. The molecule has 0 bridgehead atoms. The molecule has 0 radical (unpaired) electrons. The fourth-order valence-electron chi connectivity index (χ4n) is 2.64. The minimum Gasteiger partial charge on any atom is -0.373 e. The van der Waals surface area contributed by atoms with Crippen molar-refractivity contribution in [3.05, 3.63) is 29.3 Å². The molecule has 20 heavy (non-hydrogen) atoms. The lowest BCUT2D eigenvalue weighted by Crippen LogP contribution is -2.34. The Kier molecular flexibility index (Phi) is 7.68. The minimum absolute atomic E-state index is 0.633. The molecule has 0 aliphatic carbocycles. The van der Waals surface area contributed by atoms with Gasteiger partial charge in [0.25, 0.3) is 0 Å². The van der Waals surface area contributed by atoms with Crippen LogP contribution in [0.5, 0.6) is 0 Å². The fourth-order valence-corrected chi connectivity index (χ4v) is 2.64. The van der Waals surface area contributed by atoms with Crippen molar-refractivity contribution < 1.29 is 0 Å². The number of rotatable bonds is 9. The second kappa shape index (κ2) is 9.02. The number of likely N-dealkylation sites (N-methyl/N-ethyl adjacent to an activating group) is 1. The Labute approximate surface area is 125 Å². The maximum atomic E-state index is 3.63. The second-order valence-corrected chi connectivity index (χ2v) is 6.06. The van der Waals surface area contributed by atoms with Crippen LogP contribution in [0.4, 0.5) is 5.69 Å². The molecule has 0 heterocycles. The average Bonchev–Trinajstić information content (AvgIpc) is 2.38. The molecule has 0 aliphatic rings. The van der Waals surface area contributed by atoms with E-state index < -0.39 is 0 Å². The summed E-state index contributed by atoms with van der Waals surface area (Å²) in [7, 11) is 2.18. The monoisotopic (exact) mass is 276 g/mol. The highest BCUT2D eigenvalue weighted by atomic mass is 15.1. The minimum atomic E-state index is 0.633. The zero-order valence-corrected chi connectivity index (χ0v) is 14.0. The van der Waals surface area contributed by atoms with E-state index in [2.05, 4.69) is 63.2 Å². The van der Waals surface area contributed by atoms with Gasteiger partial charge in [-0.2, -0.15) is 0 Å². The molecule has 1 aromatic rings. The number of anilines is 1. The van der Waals surface area contributed by atoms with E-state index in [0.717, 1.165) is 13.1 Å². The second-order valence-electron chi connectivity index (χ2n) is 6.06. The van der Waals surface area contributed by atoms with Gasteiger partial charge < -0.3 is 10.2 Å². The van der Waals surface area contributed by atoms with Crippen LogP contribution in [0.2, 0.25) is 0 Å². The average molecular weight is 276 g/mol. The van der Waals surface area contributed by atoms with Crippen LogP contribution in [0.3, 0.4) is 0 Å². The van der Waals surface area contributed by atoms with E-state index in [1.54, 1.807) is 0 Å². The summed E-state index contributed by atoms with van der Waals surface area (Å²) in [5.74, 6) is 0. The molecule has 0 spiro atoms. The first-order chi connectivity index (χ1) is 9.54. The molecule has 2 heteroatoms. The summed E-state index contributed by atoms with van der Waals surface area (Å²) in [5.41, 5.74) is 4.04. The number of nitrogens with zero attached hydrogens (tertiary/aromatic N) is 1. The lowest BCUT2D eigenvalue weighted by atomic mass is 10.1. The molecule has 2 nitrogen and oxygen atoms in total. The Morgan fingerprint density at radius 1 is 1.20 bits per heavy atom. The standard InChI is InChI=1S/C18H32N2/c1-6-7-8-9-17(4)19-12-13-20(5)18-11-10-15(2)14-16(18)3/h10-11,14,17,19H,6-9,12-13H2,1-5H3. The van der Waals surface area contributed by atoms with E-state index >= 15 is 0 Å². The Hall–Kier alpha value is -1.02. The fraction of sp³-hybridized carbons (Fsp3) is 0.667. The van der Waals surface area contributed by atoms with E-state index in [4.69, 9.17) is 0 Å². The first-order valence-corrected chi connectivity index (χ1v) is 8.06. The number of nitrogens with one attached hydrogen (secondary N) is 1. The van der Waals surface area contributed by atoms with Gasteiger partial charge in [-0.25, -0.2) is 0 Å². The Morgan fingerprint density at radius 3 is 2.60 bits per heavy atom. The normalized spacial score (nSPS) is 12.4.